The number of unbranched alkanes of at least 4 members (excludes halogenated alkanes) is 5. The molecule has 1 fully saturated rings. The molecule has 1 aromatic rings. The van der Waals surface area contributed by atoms with E-state index < -0.39 is 0 Å². The molecule has 0 atom stereocenters. The van der Waals surface area contributed by atoms with Crippen LogP contribution in [0.5, 0.6) is 0 Å². The predicted molar refractivity (Wildman–Crippen MR) is 96.8 cm³/mol. The summed E-state index contributed by atoms with van der Waals surface area (Å²) in [6.07, 6.45) is 15.8. The van der Waals surface area contributed by atoms with Crippen LogP contribution in [0.15, 0.2) is 28.7 Å². The van der Waals surface area contributed by atoms with Gasteiger partial charge in [0.1, 0.15) is 0 Å². The maximum Gasteiger partial charge on any atom is 0.0175 e. The SMILES string of the molecule is CCCCCCCC[C@H]1CC[C@H](c2ccc(Br)cc2)CC1. The molecule has 0 nitrogen and oxygen atoms in total. The number of halogens is 1. The first-order valence-electron chi connectivity index (χ1n) is 9.05. The van der Waals surface area contributed by atoms with Crippen LogP contribution in [0.1, 0.15) is 89.0 Å². The van der Waals surface area contributed by atoms with Crippen molar-refractivity contribution in [2.75, 3.05) is 0 Å². The highest BCUT2D eigenvalue weighted by atomic mass is 79.9. The monoisotopic (exact) mass is 350 g/mol. The van der Waals surface area contributed by atoms with Gasteiger partial charge < -0.3 is 0 Å². The highest BCUT2D eigenvalue weighted by Crippen LogP contribution is 2.38. The Bertz CT molecular complexity index is 373. The zero-order valence-electron chi connectivity index (χ0n) is 13.6. The smallest absolute Gasteiger partial charge is 0.0175 e. The average molecular weight is 351 g/mol. The number of hydrogen-bond donors (Lipinski definition) is 0. The second kappa shape index (κ2) is 9.66. The minimum Gasteiger partial charge on any atom is -0.0654 e. The van der Waals surface area contributed by atoms with E-state index in [9.17, 15) is 0 Å². The Labute approximate surface area is 139 Å². The first-order chi connectivity index (χ1) is 10.3. The van der Waals surface area contributed by atoms with Crippen LogP contribution in [-0.4, -0.2) is 0 Å². The van der Waals surface area contributed by atoms with Crippen LogP contribution in [-0.2, 0) is 0 Å². The van der Waals surface area contributed by atoms with Gasteiger partial charge in [-0.2, -0.15) is 0 Å². The third-order valence-corrected chi connectivity index (χ3v) is 5.68. The highest BCUT2D eigenvalue weighted by Gasteiger charge is 2.21. The molecule has 0 aromatic heterocycles. The average Bonchev–Trinajstić information content (AvgIpc) is 2.52. The first-order valence-corrected chi connectivity index (χ1v) is 9.84. The van der Waals surface area contributed by atoms with Crippen molar-refractivity contribution in [3.8, 4) is 0 Å². The Kier molecular flexibility index (Phi) is 7.85. The zero-order valence-corrected chi connectivity index (χ0v) is 15.2. The van der Waals surface area contributed by atoms with Crippen molar-refractivity contribution in [1.82, 2.24) is 0 Å². The highest BCUT2D eigenvalue weighted by molar-refractivity contribution is 9.10. The van der Waals surface area contributed by atoms with Crippen molar-refractivity contribution in [2.45, 2.75) is 83.5 Å². The van der Waals surface area contributed by atoms with E-state index in [0.29, 0.717) is 0 Å². The van der Waals surface area contributed by atoms with Crippen molar-refractivity contribution in [3.63, 3.8) is 0 Å². The van der Waals surface area contributed by atoms with Crippen molar-refractivity contribution in [1.29, 1.82) is 0 Å². The standard InChI is InChI=1S/C20H31Br/c1-2-3-4-5-6-7-8-17-9-11-18(12-10-17)19-13-15-20(21)16-14-19/h13-18H,2-12H2,1H3/t17-,18-. The lowest BCUT2D eigenvalue weighted by Gasteiger charge is -2.29. The van der Waals surface area contributed by atoms with Gasteiger partial charge in [-0.25, -0.2) is 0 Å². The molecule has 0 saturated heterocycles. The fourth-order valence-electron chi connectivity index (χ4n) is 3.73. The van der Waals surface area contributed by atoms with Crippen LogP contribution in [0.4, 0.5) is 0 Å². The molecule has 1 heteroatoms. The Morgan fingerprint density at radius 1 is 0.857 bits per heavy atom. The summed E-state index contributed by atoms with van der Waals surface area (Å²) in [6, 6.07) is 9.00. The minimum absolute atomic E-state index is 0.818. The van der Waals surface area contributed by atoms with Gasteiger partial charge in [-0.1, -0.05) is 79.9 Å². The van der Waals surface area contributed by atoms with E-state index >= 15 is 0 Å². The van der Waals surface area contributed by atoms with Crippen LogP contribution in [0, 0.1) is 5.92 Å². The second-order valence-electron chi connectivity index (χ2n) is 6.83. The van der Waals surface area contributed by atoms with E-state index in [1.165, 1.54) is 75.1 Å². The molecule has 0 spiro atoms. The van der Waals surface area contributed by atoms with Crippen molar-refractivity contribution >= 4 is 15.9 Å². The van der Waals surface area contributed by atoms with E-state index in [2.05, 4.69) is 47.1 Å². The number of benzene rings is 1. The summed E-state index contributed by atoms with van der Waals surface area (Å²) in [5.41, 5.74) is 1.55. The normalized spacial score (nSPS) is 22.4. The summed E-state index contributed by atoms with van der Waals surface area (Å²) in [5, 5.41) is 0. The van der Waals surface area contributed by atoms with Gasteiger partial charge in [0.15, 0.2) is 0 Å². The van der Waals surface area contributed by atoms with Gasteiger partial charge >= 0.3 is 0 Å². The molecule has 1 saturated carbocycles. The summed E-state index contributed by atoms with van der Waals surface area (Å²) < 4.78 is 1.20. The molecule has 0 amide bonds. The third kappa shape index (κ3) is 6.14. The summed E-state index contributed by atoms with van der Waals surface area (Å²) in [4.78, 5) is 0. The van der Waals surface area contributed by atoms with Crippen molar-refractivity contribution in [2.24, 2.45) is 5.92 Å². The van der Waals surface area contributed by atoms with Crippen LogP contribution >= 0.6 is 15.9 Å². The van der Waals surface area contributed by atoms with Gasteiger partial charge in [-0.05, 0) is 55.2 Å². The van der Waals surface area contributed by atoms with Gasteiger partial charge in [-0.15, -0.1) is 0 Å². The number of hydrogen-bond acceptors (Lipinski definition) is 0. The summed E-state index contributed by atoms with van der Waals surface area (Å²) in [6.45, 7) is 2.30. The van der Waals surface area contributed by atoms with E-state index in [-0.39, 0.29) is 0 Å². The third-order valence-electron chi connectivity index (χ3n) is 5.15. The summed E-state index contributed by atoms with van der Waals surface area (Å²) >= 11 is 3.53. The van der Waals surface area contributed by atoms with E-state index in [4.69, 9.17) is 0 Å². The van der Waals surface area contributed by atoms with E-state index in [0.717, 1.165) is 11.8 Å². The fourth-order valence-corrected chi connectivity index (χ4v) is 4.00. The molecular formula is C20H31Br. The molecule has 0 aliphatic heterocycles. The van der Waals surface area contributed by atoms with E-state index in [1.54, 1.807) is 5.56 Å². The van der Waals surface area contributed by atoms with Gasteiger partial charge in [-0.3, -0.25) is 0 Å². The molecule has 1 aliphatic rings. The van der Waals surface area contributed by atoms with Gasteiger partial charge in [0.25, 0.3) is 0 Å². The Morgan fingerprint density at radius 2 is 1.48 bits per heavy atom. The molecule has 2 rings (SSSR count). The molecule has 0 heterocycles. The largest absolute Gasteiger partial charge is 0.0654 e. The zero-order chi connectivity index (χ0) is 14.9. The van der Waals surface area contributed by atoms with Crippen LogP contribution < -0.4 is 0 Å². The van der Waals surface area contributed by atoms with E-state index in [1.807, 2.05) is 0 Å². The Hall–Kier alpha value is -0.300. The summed E-state index contributed by atoms with van der Waals surface area (Å²) in [7, 11) is 0. The Morgan fingerprint density at radius 3 is 2.14 bits per heavy atom. The maximum absolute atomic E-state index is 3.53. The van der Waals surface area contributed by atoms with Crippen molar-refractivity contribution in [3.05, 3.63) is 34.3 Å². The van der Waals surface area contributed by atoms with Crippen LogP contribution in [0.3, 0.4) is 0 Å². The van der Waals surface area contributed by atoms with Crippen LogP contribution in [0.25, 0.3) is 0 Å². The quantitative estimate of drug-likeness (QED) is 0.426. The lowest BCUT2D eigenvalue weighted by atomic mass is 9.77. The summed E-state index contributed by atoms with van der Waals surface area (Å²) in [5.74, 6) is 1.83. The van der Waals surface area contributed by atoms with Crippen molar-refractivity contribution < 1.29 is 0 Å². The molecule has 118 valence electrons. The second-order valence-corrected chi connectivity index (χ2v) is 7.74. The Balaban J connectivity index is 1.61. The van der Waals surface area contributed by atoms with Crippen LogP contribution in [0.2, 0.25) is 0 Å². The van der Waals surface area contributed by atoms with Gasteiger partial charge in [0.2, 0.25) is 0 Å². The van der Waals surface area contributed by atoms with Gasteiger partial charge in [0, 0.05) is 4.47 Å². The molecule has 21 heavy (non-hydrogen) atoms. The lowest BCUT2D eigenvalue weighted by molar-refractivity contribution is 0.302. The molecular weight excluding hydrogens is 320 g/mol. The predicted octanol–water partition coefficient (Wildman–Crippen LogP) is 7.47. The lowest BCUT2D eigenvalue weighted by Crippen LogP contribution is -2.13. The topological polar surface area (TPSA) is 0 Å². The molecule has 1 aromatic carbocycles. The molecule has 0 unspecified atom stereocenters. The first kappa shape index (κ1) is 17.1. The number of rotatable bonds is 8. The molecule has 0 N–H and O–H groups in total. The molecule has 0 bridgehead atoms. The van der Waals surface area contributed by atoms with Gasteiger partial charge in [0.05, 0.1) is 0 Å². The minimum atomic E-state index is 0.818. The fraction of sp³-hybridized carbons (Fsp3) is 0.700. The molecule has 1 aliphatic carbocycles. The molecule has 0 radical (unpaired) electrons. The maximum atomic E-state index is 3.53.